The second-order valence-electron chi connectivity index (χ2n) is 2.83. The first-order chi connectivity index (χ1) is 7.15. The van der Waals surface area contributed by atoms with E-state index in [9.17, 15) is 9.18 Å². The van der Waals surface area contributed by atoms with E-state index in [1.807, 2.05) is 0 Å². The topological polar surface area (TPSA) is 26.3 Å². The van der Waals surface area contributed by atoms with E-state index in [1.54, 1.807) is 12.1 Å². The van der Waals surface area contributed by atoms with Gasteiger partial charge in [-0.15, -0.1) is 0 Å². The lowest BCUT2D eigenvalue weighted by Crippen LogP contribution is -1.96. The first kappa shape index (κ1) is 11.7. The van der Waals surface area contributed by atoms with E-state index in [-0.39, 0.29) is 17.4 Å². The van der Waals surface area contributed by atoms with Crippen molar-refractivity contribution in [1.29, 1.82) is 0 Å². The van der Waals surface area contributed by atoms with E-state index in [0.29, 0.717) is 5.56 Å². The molecule has 0 heterocycles. The van der Waals surface area contributed by atoms with Gasteiger partial charge in [0.2, 0.25) is 0 Å². The lowest BCUT2D eigenvalue weighted by molar-refractivity contribution is -0.139. The first-order valence-electron chi connectivity index (χ1n) is 4.32. The number of methoxy groups -OCH3 is 1. The van der Waals surface area contributed by atoms with Crippen LogP contribution in [0.1, 0.15) is 12.0 Å². The van der Waals surface area contributed by atoms with Crippen LogP contribution in [-0.2, 0) is 9.53 Å². The maximum absolute atomic E-state index is 13.3. The van der Waals surface area contributed by atoms with Crippen molar-refractivity contribution in [3.63, 3.8) is 0 Å². The molecule has 0 saturated carbocycles. The van der Waals surface area contributed by atoms with Crippen LogP contribution in [0.4, 0.5) is 4.39 Å². The Morgan fingerprint density at radius 1 is 1.60 bits per heavy atom. The monoisotopic (exact) mass is 228 g/mol. The standard InChI is InChI=1S/C11H10ClFO2/c1-15-10(14)7-3-5-8-4-2-6-9(12)11(8)13/h2-6H,7H2,1H3. The Kier molecular flexibility index (Phi) is 4.31. The molecule has 0 radical (unpaired) electrons. The molecule has 0 unspecified atom stereocenters. The zero-order valence-electron chi connectivity index (χ0n) is 8.17. The van der Waals surface area contributed by atoms with Crippen LogP contribution in [0.3, 0.4) is 0 Å². The van der Waals surface area contributed by atoms with E-state index in [0.717, 1.165) is 0 Å². The third kappa shape index (κ3) is 3.36. The van der Waals surface area contributed by atoms with Gasteiger partial charge in [-0.2, -0.15) is 0 Å². The van der Waals surface area contributed by atoms with Gasteiger partial charge in [0, 0.05) is 5.56 Å². The molecule has 0 aliphatic heterocycles. The van der Waals surface area contributed by atoms with E-state index in [4.69, 9.17) is 11.6 Å². The number of hydrogen-bond acceptors (Lipinski definition) is 2. The van der Waals surface area contributed by atoms with Crippen LogP contribution in [0.5, 0.6) is 0 Å². The number of hydrogen-bond donors (Lipinski definition) is 0. The molecule has 0 atom stereocenters. The van der Waals surface area contributed by atoms with Gasteiger partial charge < -0.3 is 4.74 Å². The highest BCUT2D eigenvalue weighted by Crippen LogP contribution is 2.18. The zero-order chi connectivity index (χ0) is 11.3. The Hall–Kier alpha value is -1.35. The molecular formula is C11H10ClFO2. The molecule has 0 aliphatic rings. The lowest BCUT2D eigenvalue weighted by atomic mass is 10.2. The summed E-state index contributed by atoms with van der Waals surface area (Å²) in [4.78, 5) is 10.8. The minimum atomic E-state index is -0.486. The van der Waals surface area contributed by atoms with Crippen LogP contribution >= 0.6 is 11.6 Å². The average molecular weight is 229 g/mol. The van der Waals surface area contributed by atoms with Crippen molar-refractivity contribution in [2.45, 2.75) is 6.42 Å². The van der Waals surface area contributed by atoms with Crippen LogP contribution in [0.2, 0.25) is 5.02 Å². The first-order valence-corrected chi connectivity index (χ1v) is 4.70. The summed E-state index contributed by atoms with van der Waals surface area (Å²) in [6.45, 7) is 0. The summed E-state index contributed by atoms with van der Waals surface area (Å²) >= 11 is 5.58. The van der Waals surface area contributed by atoms with Crippen molar-refractivity contribution in [2.24, 2.45) is 0 Å². The summed E-state index contributed by atoms with van der Waals surface area (Å²) in [6, 6.07) is 4.69. The number of halogens is 2. The molecule has 0 aliphatic carbocycles. The molecule has 15 heavy (non-hydrogen) atoms. The van der Waals surface area contributed by atoms with Crippen molar-refractivity contribution in [3.8, 4) is 0 Å². The smallest absolute Gasteiger partial charge is 0.309 e. The average Bonchev–Trinajstić information content (AvgIpc) is 2.24. The Balaban J connectivity index is 2.72. The summed E-state index contributed by atoms with van der Waals surface area (Å²) in [5.74, 6) is -0.853. The summed E-state index contributed by atoms with van der Waals surface area (Å²) in [5, 5.41) is 0.0650. The van der Waals surface area contributed by atoms with Gasteiger partial charge in [-0.05, 0) is 6.07 Å². The molecule has 0 amide bonds. The number of carbonyl (C=O) groups excluding carboxylic acids is 1. The van der Waals surface area contributed by atoms with Crippen molar-refractivity contribution in [3.05, 3.63) is 40.7 Å². The van der Waals surface area contributed by atoms with E-state index < -0.39 is 5.82 Å². The highest BCUT2D eigenvalue weighted by atomic mass is 35.5. The van der Waals surface area contributed by atoms with E-state index in [2.05, 4.69) is 4.74 Å². The highest BCUT2D eigenvalue weighted by molar-refractivity contribution is 6.30. The summed E-state index contributed by atoms with van der Waals surface area (Å²) in [5.41, 5.74) is 0.353. The second-order valence-corrected chi connectivity index (χ2v) is 3.23. The minimum absolute atomic E-state index is 0.0650. The van der Waals surface area contributed by atoms with Gasteiger partial charge in [0.1, 0.15) is 5.82 Å². The quantitative estimate of drug-likeness (QED) is 0.744. The largest absolute Gasteiger partial charge is 0.469 e. The molecule has 0 N–H and O–H groups in total. The van der Waals surface area contributed by atoms with Crippen LogP contribution in [0.25, 0.3) is 6.08 Å². The van der Waals surface area contributed by atoms with Crippen molar-refractivity contribution in [1.82, 2.24) is 0 Å². The Bertz CT molecular complexity index is 388. The third-order valence-electron chi connectivity index (χ3n) is 1.79. The van der Waals surface area contributed by atoms with Gasteiger partial charge >= 0.3 is 5.97 Å². The molecule has 1 rings (SSSR count). The maximum Gasteiger partial charge on any atom is 0.309 e. The number of benzene rings is 1. The number of carbonyl (C=O) groups is 1. The third-order valence-corrected chi connectivity index (χ3v) is 2.08. The number of rotatable bonds is 3. The number of esters is 1. The molecule has 80 valence electrons. The van der Waals surface area contributed by atoms with Gasteiger partial charge in [0.15, 0.2) is 0 Å². The minimum Gasteiger partial charge on any atom is -0.469 e. The zero-order valence-corrected chi connectivity index (χ0v) is 8.92. The van der Waals surface area contributed by atoms with Crippen molar-refractivity contribution < 1.29 is 13.9 Å². The van der Waals surface area contributed by atoms with E-state index >= 15 is 0 Å². The number of ether oxygens (including phenoxy) is 1. The molecule has 0 bridgehead atoms. The predicted molar refractivity (Wildman–Crippen MR) is 57.1 cm³/mol. The fourth-order valence-corrected chi connectivity index (χ4v) is 1.20. The van der Waals surface area contributed by atoms with Crippen molar-refractivity contribution in [2.75, 3.05) is 7.11 Å². The van der Waals surface area contributed by atoms with Gasteiger partial charge in [-0.25, -0.2) is 4.39 Å². The molecule has 2 nitrogen and oxygen atoms in total. The molecule has 0 fully saturated rings. The maximum atomic E-state index is 13.3. The molecule has 0 spiro atoms. The fourth-order valence-electron chi connectivity index (χ4n) is 1.01. The van der Waals surface area contributed by atoms with Gasteiger partial charge in [-0.3, -0.25) is 4.79 Å². The summed E-state index contributed by atoms with van der Waals surface area (Å²) in [6.07, 6.45) is 3.14. The van der Waals surface area contributed by atoms with Gasteiger partial charge in [-0.1, -0.05) is 35.9 Å². The molecule has 0 saturated heterocycles. The molecule has 4 heteroatoms. The van der Waals surface area contributed by atoms with Gasteiger partial charge in [0.25, 0.3) is 0 Å². The normalized spacial score (nSPS) is 10.6. The second kappa shape index (κ2) is 5.51. The van der Waals surface area contributed by atoms with E-state index in [1.165, 1.54) is 25.3 Å². The summed E-state index contributed by atoms with van der Waals surface area (Å²) < 4.78 is 17.7. The Morgan fingerprint density at radius 3 is 3.00 bits per heavy atom. The molecule has 1 aromatic rings. The summed E-state index contributed by atoms with van der Waals surface area (Å²) in [7, 11) is 1.30. The van der Waals surface area contributed by atoms with Crippen LogP contribution in [-0.4, -0.2) is 13.1 Å². The van der Waals surface area contributed by atoms with Crippen LogP contribution < -0.4 is 0 Å². The molecular weight excluding hydrogens is 219 g/mol. The predicted octanol–water partition coefficient (Wildman–Crippen LogP) is 3.06. The Morgan fingerprint density at radius 2 is 2.33 bits per heavy atom. The van der Waals surface area contributed by atoms with Gasteiger partial charge in [0.05, 0.1) is 18.6 Å². The molecule has 1 aromatic carbocycles. The lowest BCUT2D eigenvalue weighted by Gasteiger charge is -1.98. The van der Waals surface area contributed by atoms with Crippen molar-refractivity contribution >= 4 is 23.6 Å². The molecule has 0 aromatic heterocycles. The SMILES string of the molecule is COC(=O)CC=Cc1cccc(Cl)c1F. The Labute approximate surface area is 92.3 Å². The highest BCUT2D eigenvalue weighted by Gasteiger charge is 2.02. The van der Waals surface area contributed by atoms with Crippen LogP contribution in [0, 0.1) is 5.82 Å². The van der Waals surface area contributed by atoms with Crippen LogP contribution in [0.15, 0.2) is 24.3 Å². The fraction of sp³-hybridized carbons (Fsp3) is 0.182.